The fraction of sp³-hybridized carbons (Fsp3) is 0.474. The minimum Gasteiger partial charge on any atom is -0.361 e. The molecule has 26 heavy (non-hydrogen) atoms. The van der Waals surface area contributed by atoms with Gasteiger partial charge in [0, 0.05) is 30.1 Å². The molecule has 1 heterocycles. The summed E-state index contributed by atoms with van der Waals surface area (Å²) in [5, 5.41) is 6.88. The van der Waals surface area contributed by atoms with Gasteiger partial charge in [0.2, 0.25) is 0 Å². The Hall–Kier alpha value is -2.44. The molecule has 0 bridgehead atoms. The van der Waals surface area contributed by atoms with Crippen molar-refractivity contribution in [2.75, 3.05) is 0 Å². The van der Waals surface area contributed by atoms with Crippen LogP contribution in [0.5, 0.6) is 0 Å². The fourth-order valence-electron chi connectivity index (χ4n) is 3.01. The number of nitrogens with one attached hydrogen (secondary N) is 1. The number of nitrogens with zero attached hydrogens (tertiary/aromatic N) is 2. The van der Waals surface area contributed by atoms with Crippen LogP contribution < -0.4 is 5.32 Å². The van der Waals surface area contributed by atoms with Gasteiger partial charge in [-0.15, -0.1) is 0 Å². The first-order valence-electron chi connectivity index (χ1n) is 8.98. The summed E-state index contributed by atoms with van der Waals surface area (Å²) in [4.78, 5) is 14.2. The number of halogens is 2. The Labute approximate surface area is 151 Å². The van der Waals surface area contributed by atoms with Gasteiger partial charge in [-0.05, 0) is 31.4 Å². The first-order valence-corrected chi connectivity index (χ1v) is 8.98. The standard InChI is InChI=1S/C19H23F2N3O2/c1-3-17-13(18(4-2)26-23-17)10-22-19(25)24(12-8-9-12)11-14-15(20)6-5-7-16(14)21/h5-7,12H,3-4,8-11H2,1-2H3,(H,22,25). The zero-order valence-electron chi connectivity index (χ0n) is 15.0. The molecule has 0 unspecified atom stereocenters. The van der Waals surface area contributed by atoms with Crippen molar-refractivity contribution in [3.05, 3.63) is 52.4 Å². The topological polar surface area (TPSA) is 58.4 Å². The van der Waals surface area contributed by atoms with E-state index < -0.39 is 11.6 Å². The summed E-state index contributed by atoms with van der Waals surface area (Å²) in [5.41, 5.74) is 1.62. The van der Waals surface area contributed by atoms with Gasteiger partial charge in [-0.25, -0.2) is 13.6 Å². The van der Waals surface area contributed by atoms with Crippen molar-refractivity contribution < 1.29 is 18.1 Å². The molecular weight excluding hydrogens is 340 g/mol. The van der Waals surface area contributed by atoms with Crippen molar-refractivity contribution in [2.24, 2.45) is 0 Å². The van der Waals surface area contributed by atoms with Gasteiger partial charge in [-0.3, -0.25) is 0 Å². The lowest BCUT2D eigenvalue weighted by molar-refractivity contribution is 0.190. The Bertz CT molecular complexity index is 745. The van der Waals surface area contributed by atoms with Gasteiger partial charge in [-0.1, -0.05) is 25.1 Å². The largest absolute Gasteiger partial charge is 0.361 e. The van der Waals surface area contributed by atoms with Gasteiger partial charge in [0.05, 0.1) is 12.2 Å². The van der Waals surface area contributed by atoms with Crippen LogP contribution in [0.25, 0.3) is 0 Å². The van der Waals surface area contributed by atoms with Crippen molar-refractivity contribution in [3.8, 4) is 0 Å². The summed E-state index contributed by atoms with van der Waals surface area (Å²) in [6.45, 7) is 4.14. The minimum absolute atomic E-state index is 0.0211. The van der Waals surface area contributed by atoms with E-state index in [4.69, 9.17) is 4.52 Å². The summed E-state index contributed by atoms with van der Waals surface area (Å²) in [6.07, 6.45) is 3.08. The second kappa shape index (κ2) is 7.85. The molecular formula is C19H23F2N3O2. The van der Waals surface area contributed by atoms with E-state index in [2.05, 4.69) is 10.5 Å². The number of carbonyl (C=O) groups is 1. The summed E-state index contributed by atoms with van der Waals surface area (Å²) in [5.74, 6) is -0.520. The van der Waals surface area contributed by atoms with E-state index in [1.165, 1.54) is 23.1 Å². The molecule has 0 aliphatic heterocycles. The second-order valence-electron chi connectivity index (χ2n) is 6.46. The summed E-state index contributed by atoms with van der Waals surface area (Å²) in [6, 6.07) is 3.42. The lowest BCUT2D eigenvalue weighted by Gasteiger charge is -2.23. The fourth-order valence-corrected chi connectivity index (χ4v) is 3.01. The normalized spacial score (nSPS) is 13.7. The van der Waals surface area contributed by atoms with Gasteiger partial charge in [-0.2, -0.15) is 0 Å². The van der Waals surface area contributed by atoms with Crippen molar-refractivity contribution >= 4 is 6.03 Å². The van der Waals surface area contributed by atoms with Gasteiger partial charge < -0.3 is 14.7 Å². The quantitative estimate of drug-likeness (QED) is 0.810. The SMILES string of the molecule is CCc1noc(CC)c1CNC(=O)N(Cc1c(F)cccc1F)C1CC1. The molecule has 0 atom stereocenters. The number of benzene rings is 1. The number of aromatic nitrogens is 1. The predicted molar refractivity (Wildman–Crippen MR) is 92.4 cm³/mol. The highest BCUT2D eigenvalue weighted by Crippen LogP contribution is 2.29. The van der Waals surface area contributed by atoms with Crippen LogP contribution in [0.4, 0.5) is 13.6 Å². The maximum absolute atomic E-state index is 13.9. The number of urea groups is 1. The van der Waals surface area contributed by atoms with Crippen molar-refractivity contribution in [2.45, 2.75) is 58.7 Å². The van der Waals surface area contributed by atoms with E-state index in [0.29, 0.717) is 12.8 Å². The van der Waals surface area contributed by atoms with Gasteiger partial charge in [0.15, 0.2) is 0 Å². The van der Waals surface area contributed by atoms with Crippen LogP contribution in [-0.4, -0.2) is 22.1 Å². The van der Waals surface area contributed by atoms with Crippen LogP contribution in [0.2, 0.25) is 0 Å². The lowest BCUT2D eigenvalue weighted by Crippen LogP contribution is -2.41. The van der Waals surface area contributed by atoms with Crippen LogP contribution in [0.1, 0.15) is 49.3 Å². The molecule has 140 valence electrons. The molecule has 1 fully saturated rings. The Morgan fingerprint density at radius 3 is 2.50 bits per heavy atom. The molecule has 0 saturated heterocycles. The molecule has 3 rings (SSSR count). The molecule has 1 aromatic carbocycles. The molecule has 0 radical (unpaired) electrons. The number of amides is 2. The van der Waals surface area contributed by atoms with Crippen molar-refractivity contribution in [3.63, 3.8) is 0 Å². The van der Waals surface area contributed by atoms with E-state index in [1.807, 2.05) is 13.8 Å². The maximum atomic E-state index is 13.9. The molecule has 2 aromatic rings. The average molecular weight is 363 g/mol. The molecule has 1 aromatic heterocycles. The summed E-state index contributed by atoms with van der Waals surface area (Å²) in [7, 11) is 0. The highest BCUT2D eigenvalue weighted by molar-refractivity contribution is 5.75. The third-order valence-corrected chi connectivity index (χ3v) is 4.66. The monoisotopic (exact) mass is 363 g/mol. The van der Waals surface area contributed by atoms with Crippen molar-refractivity contribution in [1.29, 1.82) is 0 Å². The zero-order valence-corrected chi connectivity index (χ0v) is 15.0. The van der Waals surface area contributed by atoms with E-state index in [0.717, 1.165) is 29.9 Å². The summed E-state index contributed by atoms with van der Waals surface area (Å²) >= 11 is 0. The lowest BCUT2D eigenvalue weighted by atomic mass is 10.1. The first kappa shape index (κ1) is 18.4. The molecule has 5 nitrogen and oxygen atoms in total. The number of hydrogen-bond acceptors (Lipinski definition) is 3. The number of aryl methyl sites for hydroxylation is 2. The highest BCUT2D eigenvalue weighted by atomic mass is 19.1. The zero-order chi connectivity index (χ0) is 18.7. The van der Waals surface area contributed by atoms with E-state index in [9.17, 15) is 13.6 Å². The highest BCUT2D eigenvalue weighted by Gasteiger charge is 2.34. The van der Waals surface area contributed by atoms with Crippen LogP contribution in [-0.2, 0) is 25.9 Å². The molecule has 1 N–H and O–H groups in total. The van der Waals surface area contributed by atoms with Gasteiger partial charge in [0.25, 0.3) is 0 Å². The molecule has 2 amide bonds. The maximum Gasteiger partial charge on any atom is 0.318 e. The number of carbonyl (C=O) groups excluding carboxylic acids is 1. The molecule has 7 heteroatoms. The second-order valence-corrected chi connectivity index (χ2v) is 6.46. The van der Waals surface area contributed by atoms with Crippen molar-refractivity contribution in [1.82, 2.24) is 15.4 Å². The van der Waals surface area contributed by atoms with Gasteiger partial charge >= 0.3 is 6.03 Å². The van der Waals surface area contributed by atoms with Crippen LogP contribution >= 0.6 is 0 Å². The summed E-state index contributed by atoms with van der Waals surface area (Å²) < 4.78 is 33.2. The average Bonchev–Trinajstić information content (AvgIpc) is 3.38. The number of rotatable bonds is 7. The molecule has 1 aliphatic carbocycles. The Kier molecular flexibility index (Phi) is 5.54. The smallest absolute Gasteiger partial charge is 0.318 e. The molecule has 1 saturated carbocycles. The van der Waals surface area contributed by atoms with E-state index in [-0.39, 0.29) is 30.7 Å². The Morgan fingerprint density at radius 1 is 1.23 bits per heavy atom. The number of hydrogen-bond donors (Lipinski definition) is 1. The van der Waals surface area contributed by atoms with E-state index in [1.54, 1.807) is 0 Å². The van der Waals surface area contributed by atoms with Crippen LogP contribution in [0.3, 0.4) is 0 Å². The van der Waals surface area contributed by atoms with E-state index >= 15 is 0 Å². The minimum atomic E-state index is -0.635. The van der Waals surface area contributed by atoms with Crippen LogP contribution in [0, 0.1) is 11.6 Å². The third kappa shape index (κ3) is 3.86. The van der Waals surface area contributed by atoms with Crippen LogP contribution in [0.15, 0.2) is 22.7 Å². The molecule has 1 aliphatic rings. The molecule has 0 spiro atoms. The van der Waals surface area contributed by atoms with Gasteiger partial charge in [0.1, 0.15) is 17.4 Å². The Morgan fingerprint density at radius 2 is 1.92 bits per heavy atom. The Balaban J connectivity index is 1.71. The third-order valence-electron chi connectivity index (χ3n) is 4.66. The first-order chi connectivity index (χ1) is 12.5. The predicted octanol–water partition coefficient (Wildman–Crippen LogP) is 3.95.